The van der Waals surface area contributed by atoms with Gasteiger partial charge in [-0.25, -0.2) is 9.67 Å². The molecule has 0 unspecified atom stereocenters. The number of fused-ring (bicyclic) bond motifs is 1. The maximum absolute atomic E-state index is 6.22. The Morgan fingerprint density at radius 1 is 1.10 bits per heavy atom. The highest BCUT2D eigenvalue weighted by Gasteiger charge is 2.09. The number of para-hydroxylation sites is 1. The molecule has 0 aliphatic rings. The van der Waals surface area contributed by atoms with Gasteiger partial charge in [0.05, 0.1) is 16.9 Å². The van der Waals surface area contributed by atoms with Crippen molar-refractivity contribution in [2.75, 3.05) is 0 Å². The van der Waals surface area contributed by atoms with Crippen LogP contribution in [0.1, 0.15) is 0 Å². The first kappa shape index (κ1) is 12.2. The number of benzene rings is 1. The summed E-state index contributed by atoms with van der Waals surface area (Å²) in [6.07, 6.45) is 7.49. The van der Waals surface area contributed by atoms with Crippen LogP contribution >= 0.6 is 11.6 Å². The predicted molar refractivity (Wildman–Crippen MR) is 83.7 cm³/mol. The Hall–Kier alpha value is -2.59. The van der Waals surface area contributed by atoms with Crippen molar-refractivity contribution in [3.05, 3.63) is 66.2 Å². The fraction of sp³-hybridized carbons (Fsp3) is 0. The maximum Gasteiger partial charge on any atom is 0.137 e. The number of nitrogens with zero attached hydrogens (tertiary/aromatic N) is 3. The van der Waals surface area contributed by atoms with Gasteiger partial charge in [0.15, 0.2) is 0 Å². The van der Waals surface area contributed by atoms with Gasteiger partial charge in [-0.2, -0.15) is 5.10 Å². The Kier molecular flexibility index (Phi) is 2.75. The topological polar surface area (TPSA) is 46.5 Å². The van der Waals surface area contributed by atoms with Gasteiger partial charge in [0.2, 0.25) is 0 Å². The minimum atomic E-state index is 0.675. The van der Waals surface area contributed by atoms with E-state index >= 15 is 0 Å². The van der Waals surface area contributed by atoms with E-state index in [9.17, 15) is 0 Å². The summed E-state index contributed by atoms with van der Waals surface area (Å²) in [7, 11) is 0. The second kappa shape index (κ2) is 4.75. The minimum Gasteiger partial charge on any atom is -0.346 e. The van der Waals surface area contributed by atoms with Crippen LogP contribution in [-0.2, 0) is 0 Å². The molecule has 3 aromatic heterocycles. The molecule has 21 heavy (non-hydrogen) atoms. The Bertz CT molecular complexity index is 923. The lowest BCUT2D eigenvalue weighted by atomic mass is 10.1. The number of nitrogens with one attached hydrogen (secondary N) is 1. The van der Waals surface area contributed by atoms with Crippen LogP contribution < -0.4 is 0 Å². The van der Waals surface area contributed by atoms with Crippen LogP contribution in [0.3, 0.4) is 0 Å². The number of hydrogen-bond donors (Lipinski definition) is 1. The van der Waals surface area contributed by atoms with Crippen molar-refractivity contribution in [2.24, 2.45) is 0 Å². The van der Waals surface area contributed by atoms with E-state index < -0.39 is 0 Å². The molecule has 5 heteroatoms. The summed E-state index contributed by atoms with van der Waals surface area (Å²) in [6, 6.07) is 11.7. The summed E-state index contributed by atoms with van der Waals surface area (Å²) < 4.78 is 1.79. The lowest BCUT2D eigenvalue weighted by Gasteiger charge is -2.03. The zero-order valence-corrected chi connectivity index (χ0v) is 11.7. The molecule has 4 aromatic rings. The van der Waals surface area contributed by atoms with Gasteiger partial charge in [-0.1, -0.05) is 23.7 Å². The molecule has 0 atom stereocenters. The summed E-state index contributed by atoms with van der Waals surface area (Å²) in [5.41, 5.74) is 3.87. The van der Waals surface area contributed by atoms with Gasteiger partial charge in [0.25, 0.3) is 0 Å². The van der Waals surface area contributed by atoms with Gasteiger partial charge in [0.1, 0.15) is 5.65 Å². The first-order valence-corrected chi connectivity index (χ1v) is 6.93. The Labute approximate surface area is 126 Å². The molecular weight excluding hydrogens is 284 g/mol. The number of aromatic amines is 1. The Morgan fingerprint density at radius 3 is 2.90 bits per heavy atom. The van der Waals surface area contributed by atoms with E-state index in [1.807, 2.05) is 55.0 Å². The standard InChI is InChI=1S/C16H11ClN4/c17-14-3-1-2-4-15(14)21-10-11(9-20-21)12-5-7-18-16-13(12)6-8-19-16/h1-10H,(H,18,19). The Morgan fingerprint density at radius 2 is 2.00 bits per heavy atom. The number of H-pyrrole nitrogens is 1. The summed E-state index contributed by atoms with van der Waals surface area (Å²) >= 11 is 6.22. The van der Waals surface area contributed by atoms with Crippen molar-refractivity contribution >= 4 is 22.6 Å². The monoisotopic (exact) mass is 294 g/mol. The zero-order chi connectivity index (χ0) is 14.2. The first-order valence-electron chi connectivity index (χ1n) is 6.55. The molecule has 0 saturated heterocycles. The molecule has 0 radical (unpaired) electrons. The third-order valence-corrected chi connectivity index (χ3v) is 3.77. The second-order valence-electron chi connectivity index (χ2n) is 4.72. The quantitative estimate of drug-likeness (QED) is 0.606. The molecule has 0 aliphatic heterocycles. The van der Waals surface area contributed by atoms with E-state index in [-0.39, 0.29) is 0 Å². The van der Waals surface area contributed by atoms with Gasteiger partial charge >= 0.3 is 0 Å². The van der Waals surface area contributed by atoms with Crippen LogP contribution in [0.4, 0.5) is 0 Å². The van der Waals surface area contributed by atoms with Gasteiger partial charge < -0.3 is 4.98 Å². The SMILES string of the molecule is Clc1ccccc1-n1cc(-c2ccnc3[nH]ccc23)cn1. The molecule has 0 amide bonds. The Balaban J connectivity index is 1.85. The third-order valence-electron chi connectivity index (χ3n) is 3.45. The number of rotatable bonds is 2. The van der Waals surface area contributed by atoms with Crippen molar-refractivity contribution in [3.63, 3.8) is 0 Å². The number of hydrogen-bond acceptors (Lipinski definition) is 2. The van der Waals surface area contributed by atoms with Crippen molar-refractivity contribution in [1.29, 1.82) is 0 Å². The minimum absolute atomic E-state index is 0.675. The van der Waals surface area contributed by atoms with Crippen molar-refractivity contribution < 1.29 is 0 Å². The van der Waals surface area contributed by atoms with Crippen LogP contribution in [0.2, 0.25) is 5.02 Å². The maximum atomic E-state index is 6.22. The second-order valence-corrected chi connectivity index (χ2v) is 5.13. The number of aromatic nitrogens is 4. The summed E-state index contributed by atoms with van der Waals surface area (Å²) in [4.78, 5) is 7.42. The fourth-order valence-corrected chi connectivity index (χ4v) is 2.67. The lowest BCUT2D eigenvalue weighted by Crippen LogP contribution is -1.94. The van der Waals surface area contributed by atoms with Crippen molar-refractivity contribution in [3.8, 4) is 16.8 Å². The van der Waals surface area contributed by atoms with Crippen molar-refractivity contribution in [2.45, 2.75) is 0 Å². The van der Waals surface area contributed by atoms with E-state index in [2.05, 4.69) is 15.1 Å². The molecule has 0 bridgehead atoms. The van der Waals surface area contributed by atoms with Gasteiger partial charge in [-0.05, 0) is 29.8 Å². The number of halogens is 1. The fourth-order valence-electron chi connectivity index (χ4n) is 2.44. The predicted octanol–water partition coefficient (Wildman–Crippen LogP) is 4.07. The average molecular weight is 295 g/mol. The van der Waals surface area contributed by atoms with E-state index in [1.165, 1.54) is 0 Å². The lowest BCUT2D eigenvalue weighted by molar-refractivity contribution is 0.881. The first-order chi connectivity index (χ1) is 10.3. The van der Waals surface area contributed by atoms with Crippen LogP contribution in [0.15, 0.2) is 61.2 Å². The zero-order valence-electron chi connectivity index (χ0n) is 11.0. The third kappa shape index (κ3) is 2.00. The molecule has 102 valence electrons. The molecular formula is C16H11ClN4. The highest BCUT2D eigenvalue weighted by molar-refractivity contribution is 6.32. The average Bonchev–Trinajstić information content (AvgIpc) is 3.16. The molecule has 0 aliphatic carbocycles. The van der Waals surface area contributed by atoms with E-state index in [0.29, 0.717) is 5.02 Å². The molecule has 1 N–H and O–H groups in total. The largest absolute Gasteiger partial charge is 0.346 e. The molecule has 1 aromatic carbocycles. The van der Waals surface area contributed by atoms with Crippen LogP contribution in [0, 0.1) is 0 Å². The normalized spacial score (nSPS) is 11.1. The van der Waals surface area contributed by atoms with Gasteiger partial charge in [-0.3, -0.25) is 0 Å². The van der Waals surface area contributed by atoms with Crippen LogP contribution in [-0.4, -0.2) is 19.7 Å². The summed E-state index contributed by atoms with van der Waals surface area (Å²) in [6.45, 7) is 0. The highest BCUT2D eigenvalue weighted by atomic mass is 35.5. The van der Waals surface area contributed by atoms with Crippen LogP contribution in [0.25, 0.3) is 27.8 Å². The molecule has 0 spiro atoms. The molecule has 0 saturated carbocycles. The van der Waals surface area contributed by atoms with E-state index in [1.54, 1.807) is 10.9 Å². The smallest absolute Gasteiger partial charge is 0.137 e. The molecule has 0 fully saturated rings. The van der Waals surface area contributed by atoms with E-state index in [4.69, 9.17) is 11.6 Å². The van der Waals surface area contributed by atoms with Crippen LogP contribution in [0.5, 0.6) is 0 Å². The molecule has 3 heterocycles. The summed E-state index contributed by atoms with van der Waals surface area (Å²) in [5.74, 6) is 0. The summed E-state index contributed by atoms with van der Waals surface area (Å²) in [5, 5.41) is 6.17. The van der Waals surface area contributed by atoms with Crippen molar-refractivity contribution in [1.82, 2.24) is 19.7 Å². The molecule has 4 rings (SSSR count). The van der Waals surface area contributed by atoms with Gasteiger partial charge in [0, 0.05) is 29.5 Å². The van der Waals surface area contributed by atoms with Gasteiger partial charge in [-0.15, -0.1) is 0 Å². The number of pyridine rings is 1. The molecule has 4 nitrogen and oxygen atoms in total. The highest BCUT2D eigenvalue weighted by Crippen LogP contribution is 2.28. The van der Waals surface area contributed by atoms with E-state index in [0.717, 1.165) is 27.8 Å².